The lowest BCUT2D eigenvalue weighted by Gasteiger charge is -2.38. The molecule has 1 saturated carbocycles. The van der Waals surface area contributed by atoms with E-state index in [1.807, 2.05) is 43.0 Å². The van der Waals surface area contributed by atoms with Gasteiger partial charge in [0.1, 0.15) is 24.2 Å². The van der Waals surface area contributed by atoms with Crippen LogP contribution in [-0.4, -0.2) is 29.2 Å². The lowest BCUT2D eigenvalue weighted by molar-refractivity contribution is -0.152. The van der Waals surface area contributed by atoms with Gasteiger partial charge >= 0.3 is 0 Å². The SMILES string of the molecule is CC1(C)O[C@@H]2COc3ccccc3[C@@H]2N1C(=O)[C@H](Cc1ccccc1)CC1CC1. The van der Waals surface area contributed by atoms with E-state index in [1.165, 1.54) is 18.4 Å². The van der Waals surface area contributed by atoms with E-state index in [1.54, 1.807) is 0 Å². The molecule has 0 aromatic heterocycles. The maximum absolute atomic E-state index is 14.0. The first kappa shape index (κ1) is 18.7. The van der Waals surface area contributed by atoms with Crippen LogP contribution in [0.5, 0.6) is 5.75 Å². The van der Waals surface area contributed by atoms with Crippen molar-refractivity contribution in [2.75, 3.05) is 6.61 Å². The molecule has 0 N–H and O–H groups in total. The van der Waals surface area contributed by atoms with Crippen LogP contribution in [0.3, 0.4) is 0 Å². The molecule has 0 spiro atoms. The molecule has 152 valence electrons. The van der Waals surface area contributed by atoms with Gasteiger partial charge in [0, 0.05) is 11.5 Å². The van der Waals surface area contributed by atoms with Crippen LogP contribution in [0.15, 0.2) is 54.6 Å². The molecule has 2 aliphatic heterocycles. The number of hydrogen-bond acceptors (Lipinski definition) is 3. The number of nitrogens with zero attached hydrogens (tertiary/aromatic N) is 1. The Morgan fingerprint density at radius 1 is 1.10 bits per heavy atom. The summed E-state index contributed by atoms with van der Waals surface area (Å²) in [5.74, 6) is 1.77. The first-order chi connectivity index (χ1) is 14.0. The molecule has 3 aliphatic rings. The van der Waals surface area contributed by atoms with Crippen molar-refractivity contribution < 1.29 is 14.3 Å². The molecular formula is C25H29NO3. The maximum atomic E-state index is 14.0. The van der Waals surface area contributed by atoms with Gasteiger partial charge in [-0.1, -0.05) is 61.4 Å². The molecule has 2 heterocycles. The molecule has 4 heteroatoms. The van der Waals surface area contributed by atoms with Gasteiger partial charge in [0.2, 0.25) is 5.91 Å². The molecule has 0 radical (unpaired) electrons. The summed E-state index contributed by atoms with van der Waals surface area (Å²) in [5, 5.41) is 0. The summed E-state index contributed by atoms with van der Waals surface area (Å²) in [4.78, 5) is 16.0. The molecule has 0 unspecified atom stereocenters. The van der Waals surface area contributed by atoms with Gasteiger partial charge < -0.3 is 14.4 Å². The summed E-state index contributed by atoms with van der Waals surface area (Å²) in [7, 11) is 0. The van der Waals surface area contributed by atoms with Crippen molar-refractivity contribution in [2.24, 2.45) is 11.8 Å². The number of carbonyl (C=O) groups excluding carboxylic acids is 1. The van der Waals surface area contributed by atoms with Crippen LogP contribution in [0.1, 0.15) is 50.3 Å². The zero-order chi connectivity index (χ0) is 20.0. The molecule has 4 nitrogen and oxygen atoms in total. The number of rotatable bonds is 5. The van der Waals surface area contributed by atoms with E-state index in [9.17, 15) is 4.79 Å². The summed E-state index contributed by atoms with van der Waals surface area (Å²) in [6.07, 6.45) is 4.14. The number of amides is 1. The molecule has 5 rings (SSSR count). The Bertz CT molecular complexity index is 890. The molecule has 2 aromatic carbocycles. The van der Waals surface area contributed by atoms with Crippen molar-refractivity contribution in [2.45, 2.75) is 57.4 Å². The van der Waals surface area contributed by atoms with E-state index in [2.05, 4.69) is 30.3 Å². The van der Waals surface area contributed by atoms with E-state index < -0.39 is 5.72 Å². The first-order valence-corrected chi connectivity index (χ1v) is 10.8. The number of fused-ring (bicyclic) bond motifs is 3. The van der Waals surface area contributed by atoms with Gasteiger partial charge in [0.15, 0.2) is 0 Å². The molecule has 1 aliphatic carbocycles. The van der Waals surface area contributed by atoms with Crippen LogP contribution in [0.4, 0.5) is 0 Å². The van der Waals surface area contributed by atoms with Crippen molar-refractivity contribution >= 4 is 5.91 Å². The van der Waals surface area contributed by atoms with Crippen LogP contribution in [0.25, 0.3) is 0 Å². The topological polar surface area (TPSA) is 38.8 Å². The number of para-hydroxylation sites is 1. The number of carbonyl (C=O) groups is 1. The van der Waals surface area contributed by atoms with Crippen LogP contribution in [-0.2, 0) is 16.0 Å². The Morgan fingerprint density at radius 3 is 2.59 bits per heavy atom. The van der Waals surface area contributed by atoms with Crippen LogP contribution in [0, 0.1) is 11.8 Å². The second-order valence-corrected chi connectivity index (χ2v) is 9.17. The average Bonchev–Trinajstić information content (AvgIpc) is 3.48. The van der Waals surface area contributed by atoms with Gasteiger partial charge in [0.25, 0.3) is 0 Å². The highest BCUT2D eigenvalue weighted by Crippen LogP contribution is 2.48. The molecule has 3 atom stereocenters. The molecule has 2 aromatic rings. The quantitative estimate of drug-likeness (QED) is 0.739. The maximum Gasteiger partial charge on any atom is 0.228 e. The van der Waals surface area contributed by atoms with E-state index in [0.717, 1.165) is 24.2 Å². The van der Waals surface area contributed by atoms with Crippen molar-refractivity contribution in [3.8, 4) is 5.75 Å². The van der Waals surface area contributed by atoms with E-state index in [-0.39, 0.29) is 24.0 Å². The third kappa shape index (κ3) is 3.55. The highest BCUT2D eigenvalue weighted by atomic mass is 16.6. The summed E-state index contributed by atoms with van der Waals surface area (Å²) in [5.41, 5.74) is 1.65. The third-order valence-corrected chi connectivity index (χ3v) is 6.52. The fourth-order valence-corrected chi connectivity index (χ4v) is 5.01. The minimum Gasteiger partial charge on any atom is -0.490 e. The fourth-order valence-electron chi connectivity index (χ4n) is 5.01. The monoisotopic (exact) mass is 391 g/mol. The predicted molar refractivity (Wildman–Crippen MR) is 111 cm³/mol. The van der Waals surface area contributed by atoms with Crippen molar-refractivity contribution in [3.05, 3.63) is 65.7 Å². The predicted octanol–water partition coefficient (Wildman–Crippen LogP) is 4.74. The molecule has 1 amide bonds. The first-order valence-electron chi connectivity index (χ1n) is 10.8. The van der Waals surface area contributed by atoms with Crippen molar-refractivity contribution in [1.29, 1.82) is 0 Å². The lowest BCUT2D eigenvalue weighted by atomic mass is 9.90. The van der Waals surface area contributed by atoms with Gasteiger partial charge in [-0.05, 0) is 44.2 Å². The van der Waals surface area contributed by atoms with Crippen LogP contribution < -0.4 is 4.74 Å². The summed E-state index contributed by atoms with van der Waals surface area (Å²) >= 11 is 0. The minimum absolute atomic E-state index is 0.0125. The molecular weight excluding hydrogens is 362 g/mol. The smallest absolute Gasteiger partial charge is 0.228 e. The van der Waals surface area contributed by atoms with Gasteiger partial charge in [-0.2, -0.15) is 0 Å². The van der Waals surface area contributed by atoms with E-state index in [0.29, 0.717) is 12.5 Å². The second kappa shape index (κ2) is 7.17. The Morgan fingerprint density at radius 2 is 1.83 bits per heavy atom. The fraction of sp³-hybridized carbons (Fsp3) is 0.480. The summed E-state index contributed by atoms with van der Waals surface area (Å²) in [6, 6.07) is 18.4. The largest absolute Gasteiger partial charge is 0.490 e. The number of benzene rings is 2. The highest BCUT2D eigenvalue weighted by Gasteiger charge is 2.54. The third-order valence-electron chi connectivity index (χ3n) is 6.52. The number of hydrogen-bond donors (Lipinski definition) is 0. The van der Waals surface area contributed by atoms with E-state index >= 15 is 0 Å². The van der Waals surface area contributed by atoms with Gasteiger partial charge in [-0.15, -0.1) is 0 Å². The highest BCUT2D eigenvalue weighted by molar-refractivity contribution is 5.81. The summed E-state index contributed by atoms with van der Waals surface area (Å²) < 4.78 is 12.3. The molecule has 0 bridgehead atoms. The Balaban J connectivity index is 1.48. The standard InChI is InChI=1S/C25H29NO3/c1-25(2)26(23-20-10-6-7-11-21(20)28-16-22(23)29-25)24(27)19(15-18-12-13-18)14-17-8-4-3-5-9-17/h3-11,18-19,22-23H,12-16H2,1-2H3/t19-,22-,23+/m1/s1. The Labute approximate surface area is 172 Å². The summed E-state index contributed by atoms with van der Waals surface area (Å²) in [6.45, 7) is 4.52. The van der Waals surface area contributed by atoms with Gasteiger partial charge in [0.05, 0.1) is 6.04 Å². The molecule has 29 heavy (non-hydrogen) atoms. The Hall–Kier alpha value is -2.33. The second-order valence-electron chi connectivity index (χ2n) is 9.17. The van der Waals surface area contributed by atoms with Crippen LogP contribution in [0.2, 0.25) is 0 Å². The van der Waals surface area contributed by atoms with Gasteiger partial charge in [-0.3, -0.25) is 4.79 Å². The molecule has 1 saturated heterocycles. The average molecular weight is 392 g/mol. The lowest BCUT2D eigenvalue weighted by Crippen LogP contribution is -2.48. The minimum atomic E-state index is -0.647. The zero-order valence-corrected chi connectivity index (χ0v) is 17.2. The molecule has 2 fully saturated rings. The van der Waals surface area contributed by atoms with Crippen molar-refractivity contribution in [3.63, 3.8) is 0 Å². The normalized spacial score (nSPS) is 25.7. The number of ether oxygens (including phenoxy) is 2. The van der Waals surface area contributed by atoms with Crippen LogP contribution >= 0.6 is 0 Å². The van der Waals surface area contributed by atoms with Gasteiger partial charge in [-0.25, -0.2) is 0 Å². The zero-order valence-electron chi connectivity index (χ0n) is 17.2. The van der Waals surface area contributed by atoms with E-state index in [4.69, 9.17) is 9.47 Å². The Kier molecular flexibility index (Phi) is 4.62. The van der Waals surface area contributed by atoms with Crippen molar-refractivity contribution in [1.82, 2.24) is 4.90 Å².